The molecular formula is C5H9FO3. The van der Waals surface area contributed by atoms with Gasteiger partial charge in [0.1, 0.15) is 6.17 Å². The van der Waals surface area contributed by atoms with Gasteiger partial charge in [-0.2, -0.15) is 0 Å². The van der Waals surface area contributed by atoms with E-state index in [1.165, 1.54) is 7.11 Å². The first-order valence-electron chi connectivity index (χ1n) is 2.51. The third-order valence-corrected chi connectivity index (χ3v) is 0.744. The van der Waals surface area contributed by atoms with Crippen LogP contribution in [0.3, 0.4) is 0 Å². The van der Waals surface area contributed by atoms with Crippen molar-refractivity contribution in [3.05, 3.63) is 0 Å². The fraction of sp³-hybridized carbons (Fsp3) is 0.800. The molecule has 0 aromatic heterocycles. The zero-order valence-electron chi connectivity index (χ0n) is 5.13. The Labute approximate surface area is 52.4 Å². The molecule has 0 fully saturated rings. The lowest BCUT2D eigenvalue weighted by Gasteiger charge is -2.00. The Hall–Kier alpha value is -0.640. The molecule has 0 aromatic carbocycles. The van der Waals surface area contributed by atoms with Crippen LogP contribution in [-0.2, 0) is 9.53 Å². The molecule has 3 nitrogen and oxygen atoms in total. The fourth-order valence-corrected chi connectivity index (χ4v) is 0.429. The van der Waals surface area contributed by atoms with Crippen LogP contribution in [0.15, 0.2) is 0 Å². The van der Waals surface area contributed by atoms with Crippen LogP contribution >= 0.6 is 0 Å². The number of halogens is 1. The molecule has 0 saturated carbocycles. The zero-order chi connectivity index (χ0) is 7.28. The number of ether oxygens (including phenoxy) is 1. The molecule has 1 atom stereocenters. The Bertz CT molecular complexity index is 94.2. The summed E-state index contributed by atoms with van der Waals surface area (Å²) in [6, 6.07) is 0. The molecule has 0 aliphatic heterocycles. The van der Waals surface area contributed by atoms with Crippen LogP contribution in [0, 0.1) is 0 Å². The maximum atomic E-state index is 12.1. The number of carboxylic acids is 1. The second-order valence-electron chi connectivity index (χ2n) is 1.65. The summed E-state index contributed by atoms with van der Waals surface area (Å²) >= 11 is 0. The van der Waals surface area contributed by atoms with Gasteiger partial charge in [0.25, 0.3) is 0 Å². The van der Waals surface area contributed by atoms with E-state index in [0.29, 0.717) is 0 Å². The van der Waals surface area contributed by atoms with Gasteiger partial charge in [0.05, 0.1) is 13.0 Å². The summed E-state index contributed by atoms with van der Waals surface area (Å²) in [5.74, 6) is -1.14. The molecule has 4 heteroatoms. The van der Waals surface area contributed by atoms with Gasteiger partial charge in [-0.1, -0.05) is 0 Å². The van der Waals surface area contributed by atoms with E-state index >= 15 is 0 Å². The molecule has 0 aromatic rings. The minimum Gasteiger partial charge on any atom is -0.481 e. The normalized spacial score (nSPS) is 13.1. The molecule has 0 spiro atoms. The van der Waals surface area contributed by atoms with Crippen LogP contribution in [-0.4, -0.2) is 31.0 Å². The first-order chi connectivity index (χ1) is 4.16. The monoisotopic (exact) mass is 136 g/mol. The number of alkyl halides is 1. The molecule has 0 aliphatic rings. The van der Waals surface area contributed by atoms with Crippen LogP contribution in [0.2, 0.25) is 0 Å². The zero-order valence-corrected chi connectivity index (χ0v) is 5.13. The second-order valence-corrected chi connectivity index (χ2v) is 1.65. The molecule has 0 rings (SSSR count). The average Bonchev–Trinajstić information content (AvgIpc) is 1.63. The van der Waals surface area contributed by atoms with Crippen LogP contribution in [0.1, 0.15) is 6.42 Å². The molecule has 1 unspecified atom stereocenters. The van der Waals surface area contributed by atoms with Crippen LogP contribution in [0.4, 0.5) is 4.39 Å². The van der Waals surface area contributed by atoms with E-state index in [-0.39, 0.29) is 6.61 Å². The van der Waals surface area contributed by atoms with Crippen LogP contribution < -0.4 is 0 Å². The summed E-state index contributed by atoms with van der Waals surface area (Å²) in [5, 5.41) is 8.01. The molecule has 9 heavy (non-hydrogen) atoms. The third kappa shape index (κ3) is 5.23. The molecule has 0 heterocycles. The van der Waals surface area contributed by atoms with Gasteiger partial charge in [0, 0.05) is 7.11 Å². The standard InChI is InChI=1S/C5H9FO3/c1-9-3-4(6)2-5(7)8/h4H,2-3H2,1H3,(H,7,8). The predicted octanol–water partition coefficient (Wildman–Crippen LogP) is 0.446. The van der Waals surface area contributed by atoms with Crippen LogP contribution in [0.25, 0.3) is 0 Å². The highest BCUT2D eigenvalue weighted by Crippen LogP contribution is 1.96. The third-order valence-electron chi connectivity index (χ3n) is 0.744. The largest absolute Gasteiger partial charge is 0.481 e. The molecule has 0 saturated heterocycles. The number of hydrogen-bond acceptors (Lipinski definition) is 2. The summed E-state index contributed by atoms with van der Waals surface area (Å²) in [4.78, 5) is 9.79. The van der Waals surface area contributed by atoms with Gasteiger partial charge < -0.3 is 9.84 Å². The van der Waals surface area contributed by atoms with E-state index in [1.807, 2.05) is 0 Å². The van der Waals surface area contributed by atoms with Crippen LogP contribution in [0.5, 0.6) is 0 Å². The highest BCUT2D eigenvalue weighted by molar-refractivity contribution is 5.67. The summed E-state index contributed by atoms with van der Waals surface area (Å²) < 4.78 is 16.5. The van der Waals surface area contributed by atoms with Crippen molar-refractivity contribution < 1.29 is 19.0 Å². The summed E-state index contributed by atoms with van der Waals surface area (Å²) in [6.45, 7) is -0.147. The summed E-state index contributed by atoms with van der Waals surface area (Å²) in [7, 11) is 1.33. The molecule has 1 N–H and O–H groups in total. The highest BCUT2D eigenvalue weighted by atomic mass is 19.1. The number of carboxylic acid groups (broad SMARTS) is 1. The number of hydrogen-bond donors (Lipinski definition) is 1. The Morgan fingerprint density at radius 2 is 2.44 bits per heavy atom. The van der Waals surface area contributed by atoms with E-state index in [0.717, 1.165) is 0 Å². The van der Waals surface area contributed by atoms with E-state index in [1.54, 1.807) is 0 Å². The van der Waals surface area contributed by atoms with Crippen molar-refractivity contribution in [2.24, 2.45) is 0 Å². The van der Waals surface area contributed by atoms with Crippen molar-refractivity contribution in [3.8, 4) is 0 Å². The van der Waals surface area contributed by atoms with Crippen molar-refractivity contribution in [1.29, 1.82) is 0 Å². The molecule has 0 amide bonds. The van der Waals surface area contributed by atoms with Crippen molar-refractivity contribution in [1.82, 2.24) is 0 Å². The number of carbonyl (C=O) groups is 1. The quantitative estimate of drug-likeness (QED) is 0.610. The van der Waals surface area contributed by atoms with Gasteiger partial charge >= 0.3 is 5.97 Å². The number of methoxy groups -OCH3 is 1. The van der Waals surface area contributed by atoms with E-state index in [9.17, 15) is 9.18 Å². The molecular weight excluding hydrogens is 127 g/mol. The maximum Gasteiger partial charge on any atom is 0.306 e. The van der Waals surface area contributed by atoms with Gasteiger partial charge in [-0.15, -0.1) is 0 Å². The van der Waals surface area contributed by atoms with Crippen molar-refractivity contribution >= 4 is 5.97 Å². The number of aliphatic carboxylic acids is 1. The fourth-order valence-electron chi connectivity index (χ4n) is 0.429. The number of rotatable bonds is 4. The topological polar surface area (TPSA) is 46.5 Å². The highest BCUT2D eigenvalue weighted by Gasteiger charge is 2.09. The van der Waals surface area contributed by atoms with Gasteiger partial charge in [-0.25, -0.2) is 4.39 Å². The van der Waals surface area contributed by atoms with E-state index < -0.39 is 18.6 Å². The molecule has 0 aliphatic carbocycles. The smallest absolute Gasteiger partial charge is 0.306 e. The van der Waals surface area contributed by atoms with Crippen molar-refractivity contribution in [2.45, 2.75) is 12.6 Å². The maximum absolute atomic E-state index is 12.1. The summed E-state index contributed by atoms with van der Waals surface area (Å²) in [5.41, 5.74) is 0. The van der Waals surface area contributed by atoms with E-state index in [4.69, 9.17) is 5.11 Å². The average molecular weight is 136 g/mol. The lowest BCUT2D eigenvalue weighted by molar-refractivity contribution is -0.138. The lowest BCUT2D eigenvalue weighted by atomic mass is 10.3. The van der Waals surface area contributed by atoms with Gasteiger partial charge in [-0.05, 0) is 0 Å². The minimum absolute atomic E-state index is 0.147. The van der Waals surface area contributed by atoms with E-state index in [2.05, 4.69) is 4.74 Å². The molecule has 0 bridgehead atoms. The Morgan fingerprint density at radius 1 is 1.89 bits per heavy atom. The summed E-state index contributed by atoms with van der Waals surface area (Å²) in [6.07, 6.45) is -1.86. The van der Waals surface area contributed by atoms with Gasteiger partial charge in [0.2, 0.25) is 0 Å². The molecule has 54 valence electrons. The predicted molar refractivity (Wildman–Crippen MR) is 29.0 cm³/mol. The second kappa shape index (κ2) is 4.26. The SMILES string of the molecule is COCC(F)CC(=O)O. The van der Waals surface area contributed by atoms with Crippen molar-refractivity contribution in [3.63, 3.8) is 0 Å². The first-order valence-corrected chi connectivity index (χ1v) is 2.51. The molecule has 0 radical (unpaired) electrons. The van der Waals surface area contributed by atoms with Crippen molar-refractivity contribution in [2.75, 3.05) is 13.7 Å². The lowest BCUT2D eigenvalue weighted by Crippen LogP contribution is -2.13. The minimum atomic E-state index is -1.38. The van der Waals surface area contributed by atoms with Gasteiger partial charge in [-0.3, -0.25) is 4.79 Å². The Kier molecular flexibility index (Phi) is 3.96. The Balaban J connectivity index is 3.26. The Morgan fingerprint density at radius 3 is 2.78 bits per heavy atom. The van der Waals surface area contributed by atoms with Gasteiger partial charge in [0.15, 0.2) is 0 Å². The first kappa shape index (κ1) is 8.36.